The molecular weight excluding hydrogens is 380 g/mol. The summed E-state index contributed by atoms with van der Waals surface area (Å²) in [6.07, 6.45) is 3.75. The number of ether oxygens (including phenoxy) is 1. The fourth-order valence-electron chi connectivity index (χ4n) is 3.03. The normalized spacial score (nSPS) is 16.1. The van der Waals surface area contributed by atoms with Crippen LogP contribution in [0, 0.1) is 5.92 Å². The fourth-order valence-corrected chi connectivity index (χ4v) is 4.30. The number of carbonyl (C=O) groups excluding carboxylic acids is 2. The van der Waals surface area contributed by atoms with Gasteiger partial charge in [-0.3, -0.25) is 14.5 Å². The first kappa shape index (κ1) is 19.6. The van der Waals surface area contributed by atoms with Crippen LogP contribution >= 0.6 is 24.0 Å². The lowest BCUT2D eigenvalue weighted by molar-refractivity contribution is -0.143. The highest BCUT2D eigenvalue weighted by Crippen LogP contribution is 2.34. The maximum atomic E-state index is 12.7. The van der Waals surface area contributed by atoms with Crippen molar-refractivity contribution in [2.24, 2.45) is 5.92 Å². The third-order valence-electron chi connectivity index (χ3n) is 4.13. The number of benzene rings is 1. The van der Waals surface area contributed by atoms with Gasteiger partial charge in [0.1, 0.15) is 10.9 Å². The molecule has 1 amide bonds. The molecule has 0 spiro atoms. The van der Waals surface area contributed by atoms with Crippen molar-refractivity contribution in [2.45, 2.75) is 27.3 Å². The van der Waals surface area contributed by atoms with Crippen LogP contribution in [0.5, 0.6) is 0 Å². The summed E-state index contributed by atoms with van der Waals surface area (Å²) in [6, 6.07) is 7.81. The van der Waals surface area contributed by atoms with Gasteiger partial charge in [-0.2, -0.15) is 0 Å². The molecule has 0 bridgehead atoms. The van der Waals surface area contributed by atoms with Crippen LogP contribution in [0.1, 0.15) is 26.3 Å². The van der Waals surface area contributed by atoms with Crippen LogP contribution in [0.3, 0.4) is 0 Å². The van der Waals surface area contributed by atoms with Crippen molar-refractivity contribution in [1.82, 2.24) is 9.47 Å². The Balaban J connectivity index is 1.95. The van der Waals surface area contributed by atoms with Gasteiger partial charge in [0.25, 0.3) is 5.91 Å². The molecule has 0 aliphatic carbocycles. The number of hydrogen-bond donors (Lipinski definition) is 0. The van der Waals surface area contributed by atoms with Crippen molar-refractivity contribution < 1.29 is 14.3 Å². The number of nitrogens with zero attached hydrogens (tertiary/aromatic N) is 2. The summed E-state index contributed by atoms with van der Waals surface area (Å²) in [4.78, 5) is 26.9. The Morgan fingerprint density at radius 3 is 2.78 bits per heavy atom. The van der Waals surface area contributed by atoms with E-state index in [0.29, 0.717) is 28.3 Å². The van der Waals surface area contributed by atoms with E-state index in [4.69, 9.17) is 17.0 Å². The van der Waals surface area contributed by atoms with Gasteiger partial charge in [0.15, 0.2) is 0 Å². The lowest BCUT2D eigenvalue weighted by Gasteiger charge is -2.16. The molecule has 1 aliphatic rings. The summed E-state index contributed by atoms with van der Waals surface area (Å²) in [5.74, 6) is 0.00678. The van der Waals surface area contributed by atoms with Gasteiger partial charge in [-0.25, -0.2) is 0 Å². The van der Waals surface area contributed by atoms with E-state index in [-0.39, 0.29) is 18.4 Å². The topological polar surface area (TPSA) is 51.5 Å². The number of hydrogen-bond acceptors (Lipinski definition) is 5. The number of rotatable bonds is 6. The molecule has 1 aliphatic heterocycles. The van der Waals surface area contributed by atoms with E-state index in [1.165, 1.54) is 11.8 Å². The predicted octanol–water partition coefficient (Wildman–Crippen LogP) is 4.06. The van der Waals surface area contributed by atoms with Crippen molar-refractivity contribution in [3.8, 4) is 0 Å². The summed E-state index contributed by atoms with van der Waals surface area (Å²) in [5, 5.41) is 0.982. The summed E-state index contributed by atoms with van der Waals surface area (Å²) in [6.45, 7) is 7.01. The molecule has 1 aromatic carbocycles. The number of para-hydroxylation sites is 1. The molecule has 27 heavy (non-hydrogen) atoms. The van der Waals surface area contributed by atoms with E-state index in [1.807, 2.05) is 41.1 Å². The first-order valence-electron chi connectivity index (χ1n) is 8.89. The zero-order valence-corrected chi connectivity index (χ0v) is 17.2. The summed E-state index contributed by atoms with van der Waals surface area (Å²) in [5.41, 5.74) is 1.81. The predicted molar refractivity (Wildman–Crippen MR) is 113 cm³/mol. The van der Waals surface area contributed by atoms with Gasteiger partial charge in [-0.05, 0) is 25.0 Å². The molecule has 7 heteroatoms. The van der Waals surface area contributed by atoms with Gasteiger partial charge < -0.3 is 9.30 Å². The fraction of sp³-hybridized carbons (Fsp3) is 0.350. The minimum atomic E-state index is -0.284. The molecule has 0 atom stereocenters. The first-order chi connectivity index (χ1) is 12.9. The standard InChI is InChI=1S/C20H22N2O3S2/c1-4-25-18(23)12-21-11-14(15-7-5-6-8-16(15)21)9-17-19(24)22(10-13(2)3)20(26)27-17/h5-9,11,13H,4,10,12H2,1-3H3/b17-9-. The van der Waals surface area contributed by atoms with Gasteiger partial charge in [-0.15, -0.1) is 0 Å². The maximum Gasteiger partial charge on any atom is 0.325 e. The first-order valence-corrected chi connectivity index (χ1v) is 10.1. The van der Waals surface area contributed by atoms with E-state index in [9.17, 15) is 9.59 Å². The van der Waals surface area contributed by atoms with Gasteiger partial charge in [0, 0.05) is 29.2 Å². The van der Waals surface area contributed by atoms with Gasteiger partial charge >= 0.3 is 5.97 Å². The molecule has 0 saturated carbocycles. The van der Waals surface area contributed by atoms with Crippen LogP contribution in [0.15, 0.2) is 35.4 Å². The number of thiocarbonyl (C=S) groups is 1. The quantitative estimate of drug-likeness (QED) is 0.414. The third-order valence-corrected chi connectivity index (χ3v) is 5.51. The molecule has 1 saturated heterocycles. The van der Waals surface area contributed by atoms with Crippen LogP contribution in [0.25, 0.3) is 17.0 Å². The van der Waals surface area contributed by atoms with Crippen LogP contribution in [0.2, 0.25) is 0 Å². The highest BCUT2D eigenvalue weighted by molar-refractivity contribution is 8.26. The Kier molecular flexibility index (Phi) is 6.01. The second-order valence-corrected chi connectivity index (χ2v) is 8.40. The SMILES string of the molecule is CCOC(=O)Cn1cc(/C=C2\SC(=S)N(CC(C)C)C2=O)c2ccccc21. The maximum absolute atomic E-state index is 12.7. The lowest BCUT2D eigenvalue weighted by Crippen LogP contribution is -2.31. The van der Waals surface area contributed by atoms with Crippen molar-refractivity contribution in [3.05, 3.63) is 40.9 Å². The Morgan fingerprint density at radius 2 is 2.07 bits per heavy atom. The van der Waals surface area contributed by atoms with E-state index >= 15 is 0 Å². The lowest BCUT2D eigenvalue weighted by atomic mass is 10.1. The second kappa shape index (κ2) is 8.27. The number of carbonyl (C=O) groups is 2. The summed E-state index contributed by atoms with van der Waals surface area (Å²) >= 11 is 6.70. The Hall–Kier alpha value is -2.12. The number of thioether (sulfide) groups is 1. The average molecular weight is 403 g/mol. The minimum Gasteiger partial charge on any atom is -0.465 e. The summed E-state index contributed by atoms with van der Waals surface area (Å²) < 4.78 is 7.51. The molecule has 0 radical (unpaired) electrons. The van der Waals surface area contributed by atoms with E-state index in [0.717, 1.165) is 16.5 Å². The van der Waals surface area contributed by atoms with Gasteiger partial charge in [-0.1, -0.05) is 56.0 Å². The summed E-state index contributed by atoms with van der Waals surface area (Å²) in [7, 11) is 0. The van der Waals surface area contributed by atoms with E-state index in [1.54, 1.807) is 11.8 Å². The van der Waals surface area contributed by atoms with Gasteiger partial charge in [0.2, 0.25) is 0 Å². The zero-order valence-electron chi connectivity index (χ0n) is 15.6. The second-order valence-electron chi connectivity index (χ2n) is 6.72. The highest BCUT2D eigenvalue weighted by Gasteiger charge is 2.32. The Bertz CT molecular complexity index is 930. The largest absolute Gasteiger partial charge is 0.465 e. The minimum absolute atomic E-state index is 0.0547. The molecule has 1 fully saturated rings. The number of amides is 1. The Labute approximate surface area is 168 Å². The number of fused-ring (bicyclic) bond motifs is 1. The average Bonchev–Trinajstić information content (AvgIpc) is 3.08. The van der Waals surface area contributed by atoms with Crippen molar-refractivity contribution in [2.75, 3.05) is 13.2 Å². The molecule has 2 aromatic rings. The molecule has 0 N–H and O–H groups in total. The van der Waals surface area contributed by atoms with Crippen molar-refractivity contribution in [1.29, 1.82) is 0 Å². The molecule has 5 nitrogen and oxygen atoms in total. The van der Waals surface area contributed by atoms with E-state index in [2.05, 4.69) is 13.8 Å². The molecule has 1 aromatic heterocycles. The highest BCUT2D eigenvalue weighted by atomic mass is 32.2. The monoisotopic (exact) mass is 402 g/mol. The molecule has 2 heterocycles. The van der Waals surface area contributed by atoms with Gasteiger partial charge in [0.05, 0.1) is 11.5 Å². The van der Waals surface area contributed by atoms with E-state index < -0.39 is 0 Å². The zero-order chi connectivity index (χ0) is 19.6. The van der Waals surface area contributed by atoms with Crippen molar-refractivity contribution >= 4 is 57.2 Å². The number of esters is 1. The molecule has 142 valence electrons. The molecule has 0 unspecified atom stereocenters. The molecule has 3 rings (SSSR count). The third kappa shape index (κ3) is 4.25. The smallest absolute Gasteiger partial charge is 0.325 e. The Morgan fingerprint density at radius 1 is 1.33 bits per heavy atom. The molecular formula is C20H22N2O3S2. The van der Waals surface area contributed by atoms with Crippen LogP contribution in [0.4, 0.5) is 0 Å². The van der Waals surface area contributed by atoms with Crippen LogP contribution < -0.4 is 0 Å². The van der Waals surface area contributed by atoms with Crippen LogP contribution in [-0.4, -0.2) is 38.8 Å². The van der Waals surface area contributed by atoms with Crippen LogP contribution in [-0.2, 0) is 20.9 Å². The number of aromatic nitrogens is 1. The van der Waals surface area contributed by atoms with Crippen molar-refractivity contribution in [3.63, 3.8) is 0 Å².